The number of likely N-dealkylation sites (tertiary alicyclic amines) is 1. The summed E-state index contributed by atoms with van der Waals surface area (Å²) < 4.78 is 0. The predicted octanol–water partition coefficient (Wildman–Crippen LogP) is 0.442. The Kier molecular flexibility index (Phi) is 5.77. The third kappa shape index (κ3) is 3.76. The van der Waals surface area contributed by atoms with Crippen LogP contribution in [-0.4, -0.2) is 50.1 Å². The summed E-state index contributed by atoms with van der Waals surface area (Å²) in [6.07, 6.45) is 2.48. The molecule has 1 aliphatic rings. The highest BCUT2D eigenvalue weighted by Gasteiger charge is 2.26. The van der Waals surface area contributed by atoms with E-state index in [1.807, 2.05) is 20.9 Å². The lowest BCUT2D eigenvalue weighted by Gasteiger charge is -2.36. The molecule has 1 fully saturated rings. The zero-order valence-electron chi connectivity index (χ0n) is 10.8. The van der Waals surface area contributed by atoms with E-state index in [0.29, 0.717) is 5.92 Å². The first-order valence-electron chi connectivity index (χ1n) is 6.35. The van der Waals surface area contributed by atoms with E-state index in [1.54, 1.807) is 0 Å². The van der Waals surface area contributed by atoms with Crippen LogP contribution < -0.4 is 10.6 Å². The monoisotopic (exact) mass is 227 g/mol. The molecule has 0 aromatic heterocycles. The van der Waals surface area contributed by atoms with Gasteiger partial charge in [-0.2, -0.15) is 0 Å². The summed E-state index contributed by atoms with van der Waals surface area (Å²) in [4.78, 5) is 14.0. The number of piperidine rings is 1. The van der Waals surface area contributed by atoms with Crippen LogP contribution in [0.4, 0.5) is 0 Å². The quantitative estimate of drug-likeness (QED) is 0.716. The smallest absolute Gasteiger partial charge is 0.237 e. The van der Waals surface area contributed by atoms with Gasteiger partial charge in [0.05, 0.1) is 6.04 Å². The average Bonchev–Trinajstić information content (AvgIpc) is 2.29. The summed E-state index contributed by atoms with van der Waals surface area (Å²) in [5.41, 5.74) is 0. The van der Waals surface area contributed by atoms with E-state index >= 15 is 0 Å². The Labute approximate surface area is 98.8 Å². The van der Waals surface area contributed by atoms with Gasteiger partial charge in [-0.3, -0.25) is 9.69 Å². The number of carbonyl (C=O) groups is 1. The van der Waals surface area contributed by atoms with Gasteiger partial charge in [0.25, 0.3) is 0 Å². The van der Waals surface area contributed by atoms with Crippen molar-refractivity contribution in [3.8, 4) is 0 Å². The van der Waals surface area contributed by atoms with Gasteiger partial charge in [-0.05, 0) is 52.7 Å². The van der Waals surface area contributed by atoms with Crippen molar-refractivity contribution in [2.75, 3.05) is 33.2 Å². The van der Waals surface area contributed by atoms with Crippen LogP contribution in [0.25, 0.3) is 0 Å². The van der Waals surface area contributed by atoms with Crippen molar-refractivity contribution in [2.24, 2.45) is 5.92 Å². The number of hydrogen-bond donors (Lipinski definition) is 2. The van der Waals surface area contributed by atoms with Crippen molar-refractivity contribution in [3.05, 3.63) is 0 Å². The maximum absolute atomic E-state index is 11.7. The van der Waals surface area contributed by atoms with Crippen LogP contribution in [0, 0.1) is 5.92 Å². The molecule has 1 amide bonds. The van der Waals surface area contributed by atoms with Crippen LogP contribution in [0.2, 0.25) is 0 Å². The highest BCUT2D eigenvalue weighted by Crippen LogP contribution is 2.17. The van der Waals surface area contributed by atoms with Gasteiger partial charge < -0.3 is 10.6 Å². The molecule has 0 saturated carbocycles. The van der Waals surface area contributed by atoms with Crippen molar-refractivity contribution < 1.29 is 4.79 Å². The molecule has 0 spiro atoms. The molecule has 0 aliphatic carbocycles. The number of nitrogens with zero attached hydrogens (tertiary/aromatic N) is 1. The summed E-state index contributed by atoms with van der Waals surface area (Å²) in [7, 11) is 1.99. The maximum atomic E-state index is 11.7. The summed E-state index contributed by atoms with van der Waals surface area (Å²) in [5.74, 6) is 0.850. The van der Waals surface area contributed by atoms with Crippen LogP contribution >= 0.6 is 0 Å². The molecule has 94 valence electrons. The third-order valence-corrected chi connectivity index (χ3v) is 3.32. The lowest BCUT2D eigenvalue weighted by atomic mass is 9.97. The fourth-order valence-electron chi connectivity index (χ4n) is 2.39. The van der Waals surface area contributed by atoms with Crippen molar-refractivity contribution in [1.29, 1.82) is 0 Å². The fourth-order valence-corrected chi connectivity index (χ4v) is 2.39. The molecule has 0 radical (unpaired) electrons. The summed E-state index contributed by atoms with van der Waals surface area (Å²) >= 11 is 0. The lowest BCUT2D eigenvalue weighted by Crippen LogP contribution is -2.50. The first-order chi connectivity index (χ1) is 7.69. The van der Waals surface area contributed by atoms with Gasteiger partial charge in [0.1, 0.15) is 0 Å². The minimum Gasteiger partial charge on any atom is -0.355 e. The zero-order valence-corrected chi connectivity index (χ0v) is 10.8. The summed E-state index contributed by atoms with van der Waals surface area (Å²) in [6.45, 7) is 7.84. The van der Waals surface area contributed by atoms with Crippen molar-refractivity contribution in [2.45, 2.75) is 32.7 Å². The topological polar surface area (TPSA) is 44.4 Å². The Hall–Kier alpha value is -0.610. The van der Waals surface area contributed by atoms with Crippen LogP contribution in [-0.2, 0) is 4.79 Å². The van der Waals surface area contributed by atoms with E-state index in [4.69, 9.17) is 0 Å². The van der Waals surface area contributed by atoms with Crippen LogP contribution in [0.5, 0.6) is 0 Å². The highest BCUT2D eigenvalue weighted by molar-refractivity contribution is 5.81. The van der Waals surface area contributed by atoms with Crippen LogP contribution in [0.1, 0.15) is 26.7 Å². The number of carbonyl (C=O) groups excluding carboxylic acids is 1. The number of rotatable bonds is 5. The third-order valence-electron chi connectivity index (χ3n) is 3.32. The Balaban J connectivity index is 2.43. The average molecular weight is 227 g/mol. The second kappa shape index (κ2) is 6.86. The zero-order chi connectivity index (χ0) is 12.0. The largest absolute Gasteiger partial charge is 0.355 e. The Morgan fingerprint density at radius 2 is 2.31 bits per heavy atom. The van der Waals surface area contributed by atoms with E-state index in [2.05, 4.69) is 15.5 Å². The lowest BCUT2D eigenvalue weighted by molar-refractivity contribution is -0.126. The predicted molar refractivity (Wildman–Crippen MR) is 66.4 cm³/mol. The molecular weight excluding hydrogens is 202 g/mol. The van der Waals surface area contributed by atoms with E-state index in [0.717, 1.165) is 26.2 Å². The van der Waals surface area contributed by atoms with Crippen molar-refractivity contribution >= 4 is 5.91 Å². The van der Waals surface area contributed by atoms with Gasteiger partial charge in [-0.15, -0.1) is 0 Å². The van der Waals surface area contributed by atoms with Gasteiger partial charge in [0.2, 0.25) is 5.91 Å². The molecule has 16 heavy (non-hydrogen) atoms. The van der Waals surface area contributed by atoms with Gasteiger partial charge in [-0.1, -0.05) is 0 Å². The minimum absolute atomic E-state index is 0.0135. The van der Waals surface area contributed by atoms with Crippen LogP contribution in [0.3, 0.4) is 0 Å². The number of hydrogen-bond acceptors (Lipinski definition) is 3. The minimum atomic E-state index is 0.0135. The molecule has 1 saturated heterocycles. The molecular formula is C12H25N3O. The molecule has 0 aromatic rings. The molecule has 2 atom stereocenters. The SMILES string of the molecule is CCNC(=O)C(C)N1CCCC(CNC)C1. The second-order valence-electron chi connectivity index (χ2n) is 4.63. The molecule has 4 heteroatoms. The second-order valence-corrected chi connectivity index (χ2v) is 4.63. The molecule has 1 heterocycles. The first-order valence-corrected chi connectivity index (χ1v) is 6.35. The number of amides is 1. The fraction of sp³-hybridized carbons (Fsp3) is 0.917. The van der Waals surface area contributed by atoms with Crippen LogP contribution in [0.15, 0.2) is 0 Å². The number of nitrogens with one attached hydrogen (secondary N) is 2. The molecule has 0 bridgehead atoms. The van der Waals surface area contributed by atoms with E-state index < -0.39 is 0 Å². The molecule has 2 N–H and O–H groups in total. The molecule has 1 aliphatic heterocycles. The molecule has 2 unspecified atom stereocenters. The van der Waals surface area contributed by atoms with Crippen molar-refractivity contribution in [3.63, 3.8) is 0 Å². The van der Waals surface area contributed by atoms with Gasteiger partial charge in [0, 0.05) is 13.1 Å². The molecule has 4 nitrogen and oxygen atoms in total. The maximum Gasteiger partial charge on any atom is 0.237 e. The Morgan fingerprint density at radius 1 is 1.56 bits per heavy atom. The first kappa shape index (κ1) is 13.5. The van der Waals surface area contributed by atoms with Gasteiger partial charge in [-0.25, -0.2) is 0 Å². The van der Waals surface area contributed by atoms with E-state index in [1.165, 1.54) is 12.8 Å². The molecule has 0 aromatic carbocycles. The van der Waals surface area contributed by atoms with Gasteiger partial charge in [0.15, 0.2) is 0 Å². The van der Waals surface area contributed by atoms with Crippen molar-refractivity contribution in [1.82, 2.24) is 15.5 Å². The summed E-state index contributed by atoms with van der Waals surface area (Å²) in [5, 5.41) is 6.12. The van der Waals surface area contributed by atoms with E-state index in [9.17, 15) is 4.79 Å². The van der Waals surface area contributed by atoms with Gasteiger partial charge >= 0.3 is 0 Å². The Morgan fingerprint density at radius 3 is 2.94 bits per heavy atom. The number of likely N-dealkylation sites (N-methyl/N-ethyl adjacent to an activating group) is 1. The van der Waals surface area contributed by atoms with E-state index in [-0.39, 0.29) is 11.9 Å². The standard InChI is InChI=1S/C12H25N3O/c1-4-14-12(16)10(2)15-7-5-6-11(9-15)8-13-3/h10-11,13H,4-9H2,1-3H3,(H,14,16). The normalized spacial score (nSPS) is 24.1. The molecule has 1 rings (SSSR count). The highest BCUT2D eigenvalue weighted by atomic mass is 16.2. The Bertz CT molecular complexity index is 218. The summed E-state index contributed by atoms with van der Waals surface area (Å²) in [6, 6.07) is 0.0135.